The molecule has 2 aromatic rings. The van der Waals surface area contributed by atoms with Crippen LogP contribution >= 0.6 is 0 Å². The number of amides is 3. The molecule has 3 rings (SSSR count). The molecule has 3 amide bonds. The van der Waals surface area contributed by atoms with Gasteiger partial charge in [-0.25, -0.2) is 4.79 Å². The number of aromatic nitrogens is 2. The average molecular weight is 302 g/mol. The van der Waals surface area contributed by atoms with Crippen LogP contribution in [0.2, 0.25) is 0 Å². The van der Waals surface area contributed by atoms with Gasteiger partial charge in [0.15, 0.2) is 0 Å². The molecule has 0 aliphatic heterocycles. The molecule has 1 aliphatic carbocycles. The van der Waals surface area contributed by atoms with E-state index in [1.54, 1.807) is 11.9 Å². The lowest BCUT2D eigenvalue weighted by molar-refractivity contribution is -0.118. The summed E-state index contributed by atoms with van der Waals surface area (Å²) in [7, 11) is 1.75. The zero-order chi connectivity index (χ0) is 15.9. The molecule has 6 nitrogen and oxygen atoms in total. The van der Waals surface area contributed by atoms with Gasteiger partial charge in [0.25, 0.3) is 0 Å². The number of rotatable bonds is 3. The van der Waals surface area contributed by atoms with E-state index in [2.05, 4.69) is 34.2 Å². The maximum atomic E-state index is 11.9. The lowest BCUT2D eigenvalue weighted by Gasteiger charge is -2.23. The van der Waals surface area contributed by atoms with Crippen LogP contribution in [0.1, 0.15) is 31.4 Å². The summed E-state index contributed by atoms with van der Waals surface area (Å²) in [6.45, 7) is 4.51. The molecule has 1 aromatic carbocycles. The smallest absolute Gasteiger partial charge is 0.324 e. The number of aromatic amines is 1. The number of H-pyrrole nitrogens is 1. The minimum absolute atomic E-state index is 0.107. The Morgan fingerprint density at radius 2 is 2.05 bits per heavy atom. The average Bonchev–Trinajstić information content (AvgIpc) is 2.86. The number of benzene rings is 1. The third-order valence-corrected chi connectivity index (χ3v) is 4.37. The monoisotopic (exact) mass is 302 g/mol. The minimum Gasteiger partial charge on any atom is -0.324 e. The lowest BCUT2D eigenvalue weighted by atomic mass is 10.1. The van der Waals surface area contributed by atoms with Crippen LogP contribution in [0.3, 0.4) is 0 Å². The van der Waals surface area contributed by atoms with Gasteiger partial charge in [0.2, 0.25) is 5.91 Å². The SMILES string of the molecule is CCCn1[nH]c2cc3c(cc21)CC(N(C)C(=O)NC(C)=O)C3. The van der Waals surface area contributed by atoms with E-state index < -0.39 is 0 Å². The maximum absolute atomic E-state index is 11.9. The minimum atomic E-state index is -0.327. The van der Waals surface area contributed by atoms with Crippen molar-refractivity contribution in [2.75, 3.05) is 7.05 Å². The number of urea groups is 1. The second-order valence-corrected chi connectivity index (χ2v) is 6.06. The number of nitrogens with one attached hydrogen (secondary N) is 2. The first-order valence-corrected chi connectivity index (χ1v) is 7.74. The molecular weight excluding hydrogens is 280 g/mol. The van der Waals surface area contributed by atoms with E-state index in [-0.39, 0.29) is 18.0 Å². The number of imide groups is 1. The fraction of sp³-hybridized carbons (Fsp3) is 0.500. The van der Waals surface area contributed by atoms with E-state index in [9.17, 15) is 9.59 Å². The largest absolute Gasteiger partial charge is 0.324 e. The molecule has 0 saturated heterocycles. The molecule has 0 spiro atoms. The first-order chi connectivity index (χ1) is 10.5. The van der Waals surface area contributed by atoms with E-state index in [1.807, 2.05) is 0 Å². The van der Waals surface area contributed by atoms with Crippen molar-refractivity contribution in [1.82, 2.24) is 20.0 Å². The Labute approximate surface area is 129 Å². The van der Waals surface area contributed by atoms with Gasteiger partial charge in [-0.2, -0.15) is 0 Å². The van der Waals surface area contributed by atoms with E-state index in [1.165, 1.54) is 29.1 Å². The van der Waals surface area contributed by atoms with Crippen molar-refractivity contribution >= 4 is 23.0 Å². The van der Waals surface area contributed by atoms with E-state index in [0.29, 0.717) is 0 Å². The van der Waals surface area contributed by atoms with Crippen LogP contribution in [0, 0.1) is 0 Å². The topological polar surface area (TPSA) is 70.1 Å². The van der Waals surface area contributed by atoms with Gasteiger partial charge in [-0.15, -0.1) is 0 Å². The predicted molar refractivity (Wildman–Crippen MR) is 84.8 cm³/mol. The van der Waals surface area contributed by atoms with E-state index in [4.69, 9.17) is 0 Å². The Kier molecular flexibility index (Phi) is 3.68. The van der Waals surface area contributed by atoms with Gasteiger partial charge in [-0.05, 0) is 42.5 Å². The zero-order valence-electron chi connectivity index (χ0n) is 13.3. The highest BCUT2D eigenvalue weighted by Crippen LogP contribution is 2.30. The second kappa shape index (κ2) is 5.51. The Morgan fingerprint density at radius 1 is 1.36 bits per heavy atom. The number of nitrogens with zero attached hydrogens (tertiary/aromatic N) is 2. The van der Waals surface area contributed by atoms with E-state index in [0.717, 1.165) is 25.8 Å². The summed E-state index contributed by atoms with van der Waals surface area (Å²) in [4.78, 5) is 24.6. The number of hydrogen-bond acceptors (Lipinski definition) is 2. The number of aryl methyl sites for hydroxylation is 1. The standard InChI is InChI=1S/C16H22N4O2/c1-4-5-20-15-9-12-7-13(6-11(12)8-14(15)18-20)19(3)16(22)17-10(2)21/h8-9,13,18H,4-7H2,1-3H3,(H,17,21,22). The predicted octanol–water partition coefficient (Wildman–Crippen LogP) is 2.03. The molecule has 0 radical (unpaired) electrons. The van der Waals surface area contributed by atoms with Gasteiger partial charge in [0, 0.05) is 26.6 Å². The van der Waals surface area contributed by atoms with Crippen LogP contribution in [0.25, 0.3) is 11.0 Å². The number of fused-ring (bicyclic) bond motifs is 2. The molecule has 1 heterocycles. The maximum Gasteiger partial charge on any atom is 0.324 e. The van der Waals surface area contributed by atoms with E-state index >= 15 is 0 Å². The van der Waals surface area contributed by atoms with Crippen molar-refractivity contribution < 1.29 is 9.59 Å². The highest BCUT2D eigenvalue weighted by molar-refractivity contribution is 5.93. The first-order valence-electron chi connectivity index (χ1n) is 7.74. The van der Waals surface area contributed by atoms with Crippen LogP contribution in [0.5, 0.6) is 0 Å². The summed E-state index contributed by atoms with van der Waals surface area (Å²) in [5.74, 6) is -0.325. The quantitative estimate of drug-likeness (QED) is 0.911. The number of likely N-dealkylation sites (N-methyl/N-ethyl adjacent to an activating group) is 1. The molecule has 0 saturated carbocycles. The highest BCUT2D eigenvalue weighted by Gasteiger charge is 2.29. The molecule has 0 fully saturated rings. The number of carbonyl (C=O) groups is 2. The summed E-state index contributed by atoms with van der Waals surface area (Å²) in [5, 5.41) is 5.68. The molecule has 1 atom stereocenters. The molecule has 22 heavy (non-hydrogen) atoms. The summed E-state index contributed by atoms with van der Waals surface area (Å²) in [5.41, 5.74) is 5.00. The summed E-state index contributed by atoms with van der Waals surface area (Å²) in [6.07, 6.45) is 2.77. The fourth-order valence-corrected chi connectivity index (χ4v) is 3.18. The Hall–Kier alpha value is -2.24. The van der Waals surface area contributed by atoms with Gasteiger partial charge >= 0.3 is 6.03 Å². The lowest BCUT2D eigenvalue weighted by Crippen LogP contribution is -2.45. The number of hydrogen-bond donors (Lipinski definition) is 2. The van der Waals surface area contributed by atoms with Crippen molar-refractivity contribution in [3.8, 4) is 0 Å². The number of carbonyl (C=O) groups excluding carboxylic acids is 2. The van der Waals surface area contributed by atoms with Crippen LogP contribution in [0.4, 0.5) is 4.79 Å². The Morgan fingerprint density at radius 3 is 2.68 bits per heavy atom. The van der Waals surface area contributed by atoms with Crippen LogP contribution in [-0.2, 0) is 24.2 Å². The van der Waals surface area contributed by atoms with Gasteiger partial charge < -0.3 is 4.90 Å². The second-order valence-electron chi connectivity index (χ2n) is 6.06. The summed E-state index contributed by atoms with van der Waals surface area (Å²) >= 11 is 0. The molecule has 6 heteroatoms. The first kappa shape index (κ1) is 14.7. The fourth-order valence-electron chi connectivity index (χ4n) is 3.18. The van der Waals surface area contributed by atoms with Crippen molar-refractivity contribution in [2.45, 2.75) is 45.7 Å². The van der Waals surface area contributed by atoms with Crippen LogP contribution < -0.4 is 5.32 Å². The van der Waals surface area contributed by atoms with Gasteiger partial charge in [0.05, 0.1) is 11.0 Å². The molecule has 0 bridgehead atoms. The zero-order valence-corrected chi connectivity index (χ0v) is 13.3. The summed E-state index contributed by atoms with van der Waals surface area (Å²) in [6, 6.07) is 4.20. The normalized spacial score (nSPS) is 16.8. The molecule has 1 unspecified atom stereocenters. The third-order valence-electron chi connectivity index (χ3n) is 4.37. The Bertz CT molecular complexity index is 728. The molecular formula is C16H22N4O2. The van der Waals surface area contributed by atoms with Crippen LogP contribution in [-0.4, -0.2) is 39.7 Å². The summed E-state index contributed by atoms with van der Waals surface area (Å²) < 4.78 is 2.16. The molecule has 2 N–H and O–H groups in total. The third kappa shape index (κ3) is 2.49. The van der Waals surface area contributed by atoms with Gasteiger partial charge in [-0.3, -0.25) is 19.9 Å². The van der Waals surface area contributed by atoms with Crippen molar-refractivity contribution in [1.29, 1.82) is 0 Å². The Balaban J connectivity index is 1.76. The van der Waals surface area contributed by atoms with Crippen molar-refractivity contribution in [3.05, 3.63) is 23.3 Å². The molecule has 1 aromatic heterocycles. The van der Waals surface area contributed by atoms with Crippen molar-refractivity contribution in [3.63, 3.8) is 0 Å². The highest BCUT2D eigenvalue weighted by atomic mass is 16.2. The van der Waals surface area contributed by atoms with Gasteiger partial charge in [-0.1, -0.05) is 6.92 Å². The van der Waals surface area contributed by atoms with Gasteiger partial charge in [0.1, 0.15) is 0 Å². The molecule has 1 aliphatic rings. The van der Waals surface area contributed by atoms with Crippen LogP contribution in [0.15, 0.2) is 12.1 Å². The molecule has 118 valence electrons. The van der Waals surface area contributed by atoms with Crippen molar-refractivity contribution in [2.24, 2.45) is 0 Å².